The zero-order valence-electron chi connectivity index (χ0n) is 16.5. The van der Waals surface area contributed by atoms with Gasteiger partial charge in [-0.2, -0.15) is 0 Å². The standard InChI is InChI=1S/C21H23N3O6/c1-22-9-6-14(7-10-22)23-18(8-11-29-23)21-19(26)12-16(25)13-20(21)30-17-4-2-15(3-5-17)24(27)28/h2-5,8,11-14,18,25-26H,6-7,9-10H2,1H3. The topological polar surface area (TPSA) is 109 Å². The van der Waals surface area contributed by atoms with E-state index in [1.54, 1.807) is 6.26 Å². The van der Waals surface area contributed by atoms with E-state index in [0.717, 1.165) is 25.9 Å². The largest absolute Gasteiger partial charge is 0.508 e. The van der Waals surface area contributed by atoms with E-state index in [0.29, 0.717) is 11.3 Å². The molecule has 0 aliphatic carbocycles. The summed E-state index contributed by atoms with van der Waals surface area (Å²) in [4.78, 5) is 18.4. The Morgan fingerprint density at radius 3 is 2.53 bits per heavy atom. The molecule has 2 aromatic carbocycles. The minimum absolute atomic E-state index is 0.0538. The fraction of sp³-hybridized carbons (Fsp3) is 0.333. The van der Waals surface area contributed by atoms with Crippen LogP contribution in [0, 0.1) is 10.1 Å². The molecule has 4 rings (SSSR count). The molecule has 0 bridgehead atoms. The maximum atomic E-state index is 10.9. The highest BCUT2D eigenvalue weighted by molar-refractivity contribution is 5.54. The van der Waals surface area contributed by atoms with Gasteiger partial charge in [0.2, 0.25) is 0 Å². The number of likely N-dealkylation sites (tertiary alicyclic amines) is 1. The number of rotatable bonds is 5. The van der Waals surface area contributed by atoms with Crippen molar-refractivity contribution in [2.45, 2.75) is 24.9 Å². The summed E-state index contributed by atoms with van der Waals surface area (Å²) in [7, 11) is 2.08. The number of nitro groups is 1. The van der Waals surface area contributed by atoms with Gasteiger partial charge in [0.05, 0.1) is 16.5 Å². The van der Waals surface area contributed by atoms with Crippen LogP contribution in [0.4, 0.5) is 5.69 Å². The second-order valence-electron chi connectivity index (χ2n) is 7.50. The van der Waals surface area contributed by atoms with E-state index in [4.69, 9.17) is 9.57 Å². The Labute approximate surface area is 173 Å². The summed E-state index contributed by atoms with van der Waals surface area (Å²) >= 11 is 0. The van der Waals surface area contributed by atoms with Crippen molar-refractivity contribution in [2.75, 3.05) is 20.1 Å². The van der Waals surface area contributed by atoms with E-state index in [9.17, 15) is 20.3 Å². The number of non-ortho nitro benzene ring substituents is 1. The molecule has 158 valence electrons. The van der Waals surface area contributed by atoms with Gasteiger partial charge >= 0.3 is 0 Å². The van der Waals surface area contributed by atoms with Gasteiger partial charge < -0.3 is 24.7 Å². The van der Waals surface area contributed by atoms with Gasteiger partial charge in [-0.3, -0.25) is 10.1 Å². The number of hydrogen-bond acceptors (Lipinski definition) is 8. The Kier molecular flexibility index (Phi) is 5.47. The third-order valence-electron chi connectivity index (χ3n) is 5.44. The first-order valence-electron chi connectivity index (χ1n) is 9.71. The van der Waals surface area contributed by atoms with E-state index >= 15 is 0 Å². The summed E-state index contributed by atoms with van der Waals surface area (Å²) in [5.74, 6) is 0.326. The zero-order valence-corrected chi connectivity index (χ0v) is 16.5. The average molecular weight is 413 g/mol. The maximum absolute atomic E-state index is 10.9. The fourth-order valence-corrected chi connectivity index (χ4v) is 3.86. The minimum Gasteiger partial charge on any atom is -0.508 e. The molecule has 1 fully saturated rings. The zero-order chi connectivity index (χ0) is 21.3. The number of hydrogen-bond donors (Lipinski definition) is 2. The van der Waals surface area contributed by atoms with E-state index in [-0.39, 0.29) is 29.0 Å². The monoisotopic (exact) mass is 413 g/mol. The predicted octanol–water partition coefficient (Wildman–Crippen LogP) is 3.69. The molecule has 0 radical (unpaired) electrons. The molecule has 2 aliphatic rings. The summed E-state index contributed by atoms with van der Waals surface area (Å²) in [6.07, 6.45) is 5.26. The van der Waals surface area contributed by atoms with Crippen molar-refractivity contribution in [1.82, 2.24) is 9.96 Å². The molecule has 30 heavy (non-hydrogen) atoms. The quantitative estimate of drug-likeness (QED) is 0.564. The highest BCUT2D eigenvalue weighted by Gasteiger charge is 2.36. The molecule has 9 nitrogen and oxygen atoms in total. The molecule has 1 saturated heterocycles. The van der Waals surface area contributed by atoms with Gasteiger partial charge in [0.1, 0.15) is 29.3 Å². The van der Waals surface area contributed by atoms with Crippen molar-refractivity contribution >= 4 is 5.69 Å². The van der Waals surface area contributed by atoms with Gasteiger partial charge in [-0.15, -0.1) is 5.06 Å². The highest BCUT2D eigenvalue weighted by atomic mass is 16.7. The number of nitro benzene ring substituents is 1. The van der Waals surface area contributed by atoms with Gasteiger partial charge in [-0.25, -0.2) is 0 Å². The normalized spacial score (nSPS) is 20.2. The average Bonchev–Trinajstić information content (AvgIpc) is 3.18. The lowest BCUT2D eigenvalue weighted by Gasteiger charge is -2.36. The fourth-order valence-electron chi connectivity index (χ4n) is 3.86. The molecule has 0 saturated carbocycles. The number of ether oxygens (including phenoxy) is 1. The van der Waals surface area contributed by atoms with Gasteiger partial charge in [-0.1, -0.05) is 0 Å². The number of piperidine rings is 1. The first-order chi connectivity index (χ1) is 14.4. The Bertz CT molecular complexity index is 954. The van der Waals surface area contributed by atoms with Gasteiger partial charge in [0.15, 0.2) is 0 Å². The van der Waals surface area contributed by atoms with Crippen LogP contribution in [0.25, 0.3) is 0 Å². The van der Waals surface area contributed by atoms with Crippen LogP contribution in [-0.4, -0.2) is 51.3 Å². The van der Waals surface area contributed by atoms with Crippen molar-refractivity contribution in [2.24, 2.45) is 0 Å². The lowest BCUT2D eigenvalue weighted by atomic mass is 9.99. The summed E-state index contributed by atoms with van der Waals surface area (Å²) < 4.78 is 5.90. The number of phenols is 2. The van der Waals surface area contributed by atoms with E-state index < -0.39 is 11.0 Å². The molecule has 2 aromatic rings. The lowest BCUT2D eigenvalue weighted by molar-refractivity contribution is -0.384. The van der Waals surface area contributed by atoms with Crippen molar-refractivity contribution in [1.29, 1.82) is 0 Å². The van der Waals surface area contributed by atoms with Crippen LogP contribution in [0.3, 0.4) is 0 Å². The van der Waals surface area contributed by atoms with E-state index in [2.05, 4.69) is 11.9 Å². The number of aromatic hydroxyl groups is 2. The molecule has 0 spiro atoms. The molecule has 0 amide bonds. The van der Waals surface area contributed by atoms with E-state index in [1.807, 2.05) is 11.1 Å². The highest BCUT2D eigenvalue weighted by Crippen LogP contribution is 2.45. The Balaban J connectivity index is 1.64. The summed E-state index contributed by atoms with van der Waals surface area (Å²) in [6, 6.07) is 8.06. The third kappa shape index (κ3) is 4.03. The predicted molar refractivity (Wildman–Crippen MR) is 108 cm³/mol. The van der Waals surface area contributed by atoms with Crippen LogP contribution in [0.2, 0.25) is 0 Å². The summed E-state index contributed by atoms with van der Waals surface area (Å²) in [5, 5.41) is 33.3. The number of phenolic OH excluding ortho intramolecular Hbond substituents is 2. The van der Waals surface area contributed by atoms with Gasteiger partial charge in [-0.05, 0) is 51.2 Å². The van der Waals surface area contributed by atoms with Gasteiger partial charge in [0, 0.05) is 30.3 Å². The molecule has 9 heteroatoms. The van der Waals surface area contributed by atoms with Crippen molar-refractivity contribution in [3.8, 4) is 23.0 Å². The van der Waals surface area contributed by atoms with Crippen LogP contribution in [0.5, 0.6) is 23.0 Å². The molecule has 0 aromatic heterocycles. The third-order valence-corrected chi connectivity index (χ3v) is 5.44. The Morgan fingerprint density at radius 1 is 1.17 bits per heavy atom. The Hall–Kier alpha value is -3.30. The SMILES string of the molecule is CN1CCC(N2OC=CC2c2c(O)cc(O)cc2Oc2ccc([N+](=O)[O-])cc2)CC1. The maximum Gasteiger partial charge on any atom is 0.269 e. The molecule has 2 aliphatic heterocycles. The number of benzene rings is 2. The van der Waals surface area contributed by atoms with Crippen LogP contribution >= 0.6 is 0 Å². The number of nitrogens with zero attached hydrogens (tertiary/aromatic N) is 3. The first-order valence-corrected chi connectivity index (χ1v) is 9.71. The second-order valence-corrected chi connectivity index (χ2v) is 7.50. The molecule has 1 unspecified atom stereocenters. The Morgan fingerprint density at radius 2 is 1.87 bits per heavy atom. The van der Waals surface area contributed by atoms with Crippen LogP contribution in [-0.2, 0) is 4.84 Å². The molecular formula is C21H23N3O6. The second kappa shape index (κ2) is 8.21. The first kappa shape index (κ1) is 20.0. The lowest BCUT2D eigenvalue weighted by Crippen LogP contribution is -2.43. The van der Waals surface area contributed by atoms with Gasteiger partial charge in [0.25, 0.3) is 5.69 Å². The molecule has 2 heterocycles. The van der Waals surface area contributed by atoms with Crippen LogP contribution in [0.15, 0.2) is 48.7 Å². The molecular weight excluding hydrogens is 390 g/mol. The van der Waals surface area contributed by atoms with Crippen molar-refractivity contribution < 1.29 is 24.7 Å². The smallest absolute Gasteiger partial charge is 0.269 e. The number of hydroxylamine groups is 2. The van der Waals surface area contributed by atoms with E-state index in [1.165, 1.54) is 36.4 Å². The van der Waals surface area contributed by atoms with Crippen LogP contribution < -0.4 is 4.74 Å². The summed E-state index contributed by atoms with van der Waals surface area (Å²) in [5.41, 5.74) is 0.403. The minimum atomic E-state index is -0.491. The van der Waals surface area contributed by atoms with Crippen molar-refractivity contribution in [3.63, 3.8) is 0 Å². The summed E-state index contributed by atoms with van der Waals surface area (Å²) in [6.45, 7) is 1.90. The molecule has 1 atom stereocenters. The van der Waals surface area contributed by atoms with Crippen LogP contribution in [0.1, 0.15) is 24.4 Å². The van der Waals surface area contributed by atoms with Crippen molar-refractivity contribution in [3.05, 3.63) is 64.4 Å². The molecule has 2 N–H and O–H groups in total.